The van der Waals surface area contributed by atoms with E-state index in [9.17, 15) is 18.0 Å². The molecule has 0 bridgehead atoms. The zero-order valence-electron chi connectivity index (χ0n) is 16.3. The topological polar surface area (TPSA) is 58.4 Å². The summed E-state index contributed by atoms with van der Waals surface area (Å²) in [5.41, 5.74) is 6.29. The molecule has 1 saturated carbocycles. The average Bonchev–Trinajstić information content (AvgIpc) is 3.04. The summed E-state index contributed by atoms with van der Waals surface area (Å²) in [6, 6.07) is 5.56. The molecule has 2 aliphatic rings. The van der Waals surface area contributed by atoms with E-state index in [1.807, 2.05) is 7.05 Å². The lowest BCUT2D eigenvalue weighted by Crippen LogP contribution is -2.42. The fraction of sp³-hybridized carbons (Fsp3) is 0.667. The molecule has 4 atom stereocenters. The fourth-order valence-corrected chi connectivity index (χ4v) is 4.74. The van der Waals surface area contributed by atoms with Crippen molar-refractivity contribution in [3.63, 3.8) is 0 Å². The lowest BCUT2D eigenvalue weighted by molar-refractivity contribution is -0.137. The molecular weight excluding hydrogens is 367 g/mol. The van der Waals surface area contributed by atoms with Crippen LogP contribution < -0.4 is 11.1 Å². The summed E-state index contributed by atoms with van der Waals surface area (Å²) in [5, 5.41) is 3.05. The zero-order chi connectivity index (χ0) is 20.3. The van der Waals surface area contributed by atoms with Gasteiger partial charge in [-0.25, -0.2) is 0 Å². The van der Waals surface area contributed by atoms with Crippen LogP contribution in [-0.4, -0.2) is 37.0 Å². The number of amides is 1. The molecule has 2 unspecified atom stereocenters. The number of nitrogens with zero attached hydrogens (tertiary/aromatic N) is 1. The SMILES string of the molecule is CN1CCCC(CNC(=O)C[C@@H]2CCC[C@H]2N)C1c1ccc(C(F)(F)F)cc1. The van der Waals surface area contributed by atoms with Gasteiger partial charge in [0.15, 0.2) is 0 Å². The van der Waals surface area contributed by atoms with E-state index in [2.05, 4.69) is 10.2 Å². The first kappa shape index (κ1) is 21.1. The number of piperidine rings is 1. The van der Waals surface area contributed by atoms with E-state index in [0.717, 1.165) is 56.3 Å². The third-order valence-corrected chi connectivity index (χ3v) is 6.31. The van der Waals surface area contributed by atoms with Crippen molar-refractivity contribution in [1.82, 2.24) is 10.2 Å². The fourth-order valence-electron chi connectivity index (χ4n) is 4.74. The van der Waals surface area contributed by atoms with Gasteiger partial charge in [-0.1, -0.05) is 18.6 Å². The van der Waals surface area contributed by atoms with Gasteiger partial charge in [0.1, 0.15) is 0 Å². The number of likely N-dealkylation sites (tertiary alicyclic amines) is 1. The number of rotatable bonds is 5. The van der Waals surface area contributed by atoms with Gasteiger partial charge in [-0.15, -0.1) is 0 Å². The van der Waals surface area contributed by atoms with Crippen molar-refractivity contribution in [3.8, 4) is 0 Å². The van der Waals surface area contributed by atoms with Crippen molar-refractivity contribution >= 4 is 5.91 Å². The third kappa shape index (κ3) is 5.06. The van der Waals surface area contributed by atoms with Crippen LogP contribution in [0.5, 0.6) is 0 Å². The van der Waals surface area contributed by atoms with Gasteiger partial charge in [0.2, 0.25) is 5.91 Å². The molecule has 2 fully saturated rings. The molecule has 3 N–H and O–H groups in total. The Bertz CT molecular complexity index is 662. The number of hydrogen-bond donors (Lipinski definition) is 2. The molecule has 3 rings (SSSR count). The molecule has 1 aromatic rings. The molecule has 1 heterocycles. The van der Waals surface area contributed by atoms with Crippen LogP contribution in [0, 0.1) is 11.8 Å². The van der Waals surface area contributed by atoms with Crippen molar-refractivity contribution in [2.24, 2.45) is 17.6 Å². The smallest absolute Gasteiger partial charge is 0.356 e. The molecule has 0 radical (unpaired) electrons. The first-order chi connectivity index (χ1) is 13.3. The summed E-state index contributed by atoms with van der Waals surface area (Å²) in [5.74, 6) is 0.471. The van der Waals surface area contributed by atoms with E-state index in [-0.39, 0.29) is 29.8 Å². The predicted molar refractivity (Wildman–Crippen MR) is 102 cm³/mol. The van der Waals surface area contributed by atoms with Gasteiger partial charge in [-0.3, -0.25) is 9.69 Å². The Kier molecular flexibility index (Phi) is 6.65. The molecule has 0 spiro atoms. The number of carbonyl (C=O) groups is 1. The van der Waals surface area contributed by atoms with Crippen LogP contribution in [0.1, 0.15) is 55.7 Å². The molecular formula is C21H30F3N3O. The molecule has 4 nitrogen and oxygen atoms in total. The highest BCUT2D eigenvalue weighted by atomic mass is 19.4. The van der Waals surface area contributed by atoms with Crippen LogP contribution in [0.15, 0.2) is 24.3 Å². The first-order valence-corrected chi connectivity index (χ1v) is 10.2. The maximum Gasteiger partial charge on any atom is 0.416 e. The number of nitrogens with two attached hydrogens (primary N) is 1. The van der Waals surface area contributed by atoms with E-state index in [4.69, 9.17) is 5.73 Å². The molecule has 1 amide bonds. The minimum atomic E-state index is -4.33. The quantitative estimate of drug-likeness (QED) is 0.796. The molecule has 156 valence electrons. The highest BCUT2D eigenvalue weighted by molar-refractivity contribution is 5.76. The molecule has 0 aromatic heterocycles. The van der Waals surface area contributed by atoms with Gasteiger partial charge in [-0.2, -0.15) is 13.2 Å². The lowest BCUT2D eigenvalue weighted by Gasteiger charge is -2.40. The Labute approximate surface area is 164 Å². The maximum atomic E-state index is 12.9. The predicted octanol–water partition coefficient (Wildman–Crippen LogP) is 3.72. The van der Waals surface area contributed by atoms with Gasteiger partial charge in [-0.05, 0) is 68.8 Å². The van der Waals surface area contributed by atoms with Gasteiger partial charge in [0, 0.05) is 25.0 Å². The number of alkyl halides is 3. The van der Waals surface area contributed by atoms with Gasteiger partial charge >= 0.3 is 6.18 Å². The largest absolute Gasteiger partial charge is 0.416 e. The number of halogens is 3. The number of benzene rings is 1. The lowest BCUT2D eigenvalue weighted by atomic mass is 9.84. The van der Waals surface area contributed by atoms with E-state index < -0.39 is 11.7 Å². The van der Waals surface area contributed by atoms with Crippen LogP contribution in [0.4, 0.5) is 13.2 Å². The highest BCUT2D eigenvalue weighted by Crippen LogP contribution is 2.36. The van der Waals surface area contributed by atoms with Crippen LogP contribution in [0.2, 0.25) is 0 Å². The first-order valence-electron chi connectivity index (χ1n) is 10.2. The average molecular weight is 397 g/mol. The van der Waals surface area contributed by atoms with E-state index in [1.54, 1.807) is 12.1 Å². The highest BCUT2D eigenvalue weighted by Gasteiger charge is 2.34. The summed E-state index contributed by atoms with van der Waals surface area (Å²) >= 11 is 0. The van der Waals surface area contributed by atoms with Crippen molar-refractivity contribution in [1.29, 1.82) is 0 Å². The second-order valence-corrected chi connectivity index (χ2v) is 8.31. The standard InChI is InChI=1S/C21H30F3N3O/c1-27-11-3-5-16(13-26-19(28)12-15-4-2-6-18(15)25)20(27)14-7-9-17(10-8-14)21(22,23)24/h7-10,15-16,18,20H,2-6,11-13,25H2,1H3,(H,26,28)/t15-,16?,18+,20?/m0/s1. The zero-order valence-corrected chi connectivity index (χ0v) is 16.3. The molecule has 1 saturated heterocycles. The maximum absolute atomic E-state index is 12.9. The summed E-state index contributed by atoms with van der Waals surface area (Å²) in [4.78, 5) is 14.5. The van der Waals surface area contributed by atoms with Crippen molar-refractivity contribution in [2.75, 3.05) is 20.1 Å². The van der Waals surface area contributed by atoms with Gasteiger partial charge in [0.25, 0.3) is 0 Å². The van der Waals surface area contributed by atoms with Crippen LogP contribution in [-0.2, 0) is 11.0 Å². The summed E-state index contributed by atoms with van der Waals surface area (Å²) in [7, 11) is 1.99. The van der Waals surface area contributed by atoms with Crippen LogP contribution in [0.3, 0.4) is 0 Å². The van der Waals surface area contributed by atoms with Gasteiger partial charge in [0.05, 0.1) is 5.56 Å². The Morgan fingerprint density at radius 2 is 1.82 bits per heavy atom. The summed E-state index contributed by atoms with van der Waals surface area (Å²) < 4.78 is 38.6. The second-order valence-electron chi connectivity index (χ2n) is 8.31. The Morgan fingerprint density at radius 3 is 2.43 bits per heavy atom. The third-order valence-electron chi connectivity index (χ3n) is 6.31. The molecule has 1 aliphatic heterocycles. The van der Waals surface area contributed by atoms with Gasteiger partial charge < -0.3 is 11.1 Å². The van der Waals surface area contributed by atoms with E-state index in [0.29, 0.717) is 13.0 Å². The summed E-state index contributed by atoms with van der Waals surface area (Å²) in [6.45, 7) is 1.43. The van der Waals surface area contributed by atoms with Crippen LogP contribution in [0.25, 0.3) is 0 Å². The summed E-state index contributed by atoms with van der Waals surface area (Å²) in [6.07, 6.45) is 1.18. The molecule has 28 heavy (non-hydrogen) atoms. The molecule has 7 heteroatoms. The van der Waals surface area contributed by atoms with Crippen molar-refractivity contribution in [3.05, 3.63) is 35.4 Å². The van der Waals surface area contributed by atoms with Crippen molar-refractivity contribution < 1.29 is 18.0 Å². The van der Waals surface area contributed by atoms with Crippen molar-refractivity contribution in [2.45, 2.75) is 56.8 Å². The minimum absolute atomic E-state index is 0.00470. The van der Waals surface area contributed by atoms with E-state index >= 15 is 0 Å². The number of nitrogens with one attached hydrogen (secondary N) is 1. The Hall–Kier alpha value is -1.60. The second kappa shape index (κ2) is 8.82. The minimum Gasteiger partial charge on any atom is -0.356 e. The number of hydrogen-bond acceptors (Lipinski definition) is 3. The Morgan fingerprint density at radius 1 is 1.14 bits per heavy atom. The van der Waals surface area contributed by atoms with E-state index in [1.165, 1.54) is 0 Å². The number of carbonyl (C=O) groups excluding carboxylic acids is 1. The monoisotopic (exact) mass is 397 g/mol. The van der Waals surface area contributed by atoms with Crippen LogP contribution >= 0.6 is 0 Å². The Balaban J connectivity index is 1.63. The molecule has 1 aromatic carbocycles. The normalized spacial score (nSPS) is 29.0. The molecule has 1 aliphatic carbocycles.